The summed E-state index contributed by atoms with van der Waals surface area (Å²) in [5, 5.41) is 6.31. The molecule has 0 saturated carbocycles. The SMILES string of the molecule is CCOC(=O)c1c(C)oc2ncnc(Nc3ccc(NC(C)=O)cc3)c12. The molecule has 0 unspecified atom stereocenters. The van der Waals surface area contributed by atoms with Crippen molar-refractivity contribution < 1.29 is 18.7 Å². The molecule has 0 fully saturated rings. The van der Waals surface area contributed by atoms with Crippen LogP contribution in [0.3, 0.4) is 0 Å². The van der Waals surface area contributed by atoms with Crippen molar-refractivity contribution in [2.24, 2.45) is 0 Å². The van der Waals surface area contributed by atoms with Crippen LogP contribution in [-0.4, -0.2) is 28.5 Å². The van der Waals surface area contributed by atoms with E-state index < -0.39 is 5.97 Å². The van der Waals surface area contributed by atoms with Crippen LogP contribution in [0.1, 0.15) is 30.0 Å². The summed E-state index contributed by atoms with van der Waals surface area (Å²) in [6.07, 6.45) is 1.36. The van der Waals surface area contributed by atoms with Crippen LogP contribution < -0.4 is 10.6 Å². The molecule has 0 aliphatic carbocycles. The van der Waals surface area contributed by atoms with Gasteiger partial charge in [-0.2, -0.15) is 0 Å². The molecule has 2 aromatic heterocycles. The van der Waals surface area contributed by atoms with Gasteiger partial charge in [0.05, 0.1) is 12.0 Å². The third-order valence-electron chi connectivity index (χ3n) is 3.61. The number of fused-ring (bicyclic) bond motifs is 1. The van der Waals surface area contributed by atoms with Crippen LogP contribution in [0.25, 0.3) is 11.1 Å². The van der Waals surface area contributed by atoms with Crippen LogP contribution in [0.15, 0.2) is 35.0 Å². The molecule has 8 nitrogen and oxygen atoms in total. The summed E-state index contributed by atoms with van der Waals surface area (Å²) in [6.45, 7) is 5.12. The number of furan rings is 1. The first-order chi connectivity index (χ1) is 12.5. The number of hydrogen-bond donors (Lipinski definition) is 2. The lowest BCUT2D eigenvalue weighted by atomic mass is 10.2. The summed E-state index contributed by atoms with van der Waals surface area (Å²) in [7, 11) is 0. The first-order valence-corrected chi connectivity index (χ1v) is 8.05. The Kier molecular flexibility index (Phi) is 4.83. The zero-order valence-corrected chi connectivity index (χ0v) is 14.6. The normalized spacial score (nSPS) is 10.6. The largest absolute Gasteiger partial charge is 0.462 e. The zero-order valence-electron chi connectivity index (χ0n) is 14.6. The van der Waals surface area contributed by atoms with E-state index in [0.29, 0.717) is 33.9 Å². The number of hydrogen-bond acceptors (Lipinski definition) is 7. The Balaban J connectivity index is 1.97. The maximum Gasteiger partial charge on any atom is 0.342 e. The van der Waals surface area contributed by atoms with Crippen molar-refractivity contribution in [3.05, 3.63) is 41.9 Å². The number of nitrogens with zero attached hydrogens (tertiary/aromatic N) is 2. The van der Waals surface area contributed by atoms with E-state index in [4.69, 9.17) is 9.15 Å². The Morgan fingerprint density at radius 2 is 1.85 bits per heavy atom. The summed E-state index contributed by atoms with van der Waals surface area (Å²) < 4.78 is 10.7. The Morgan fingerprint density at radius 3 is 2.50 bits per heavy atom. The molecule has 3 rings (SSSR count). The summed E-state index contributed by atoms with van der Waals surface area (Å²) >= 11 is 0. The Bertz CT molecular complexity index is 963. The van der Waals surface area contributed by atoms with Gasteiger partial charge >= 0.3 is 5.97 Å². The number of ether oxygens (including phenoxy) is 1. The van der Waals surface area contributed by atoms with Crippen LogP contribution in [-0.2, 0) is 9.53 Å². The van der Waals surface area contributed by atoms with E-state index in [1.54, 1.807) is 38.1 Å². The number of benzene rings is 1. The zero-order chi connectivity index (χ0) is 18.7. The molecule has 0 aliphatic heterocycles. The van der Waals surface area contributed by atoms with E-state index >= 15 is 0 Å². The van der Waals surface area contributed by atoms with Gasteiger partial charge in [0, 0.05) is 18.3 Å². The topological polar surface area (TPSA) is 106 Å². The molecule has 0 atom stereocenters. The number of nitrogens with one attached hydrogen (secondary N) is 2. The smallest absolute Gasteiger partial charge is 0.342 e. The van der Waals surface area contributed by atoms with Crippen molar-refractivity contribution >= 4 is 40.2 Å². The van der Waals surface area contributed by atoms with Crippen molar-refractivity contribution in [1.29, 1.82) is 0 Å². The number of aromatic nitrogens is 2. The van der Waals surface area contributed by atoms with E-state index in [1.165, 1.54) is 13.3 Å². The van der Waals surface area contributed by atoms with Gasteiger partial charge in [-0.15, -0.1) is 0 Å². The summed E-state index contributed by atoms with van der Waals surface area (Å²) in [5.74, 6) is 0.226. The van der Waals surface area contributed by atoms with Crippen molar-refractivity contribution in [2.75, 3.05) is 17.2 Å². The minimum Gasteiger partial charge on any atom is -0.462 e. The molecule has 1 aromatic carbocycles. The molecule has 0 radical (unpaired) electrons. The van der Waals surface area contributed by atoms with Crippen LogP contribution in [0, 0.1) is 6.92 Å². The Hall–Kier alpha value is -3.42. The fourth-order valence-corrected chi connectivity index (χ4v) is 2.56. The number of amides is 1. The van der Waals surface area contributed by atoms with Crippen molar-refractivity contribution in [2.45, 2.75) is 20.8 Å². The number of aryl methyl sites for hydroxylation is 1. The van der Waals surface area contributed by atoms with Gasteiger partial charge in [-0.25, -0.2) is 14.8 Å². The van der Waals surface area contributed by atoms with Crippen LogP contribution in [0.4, 0.5) is 17.2 Å². The highest BCUT2D eigenvalue weighted by atomic mass is 16.5. The second kappa shape index (κ2) is 7.22. The number of rotatable bonds is 5. The molecule has 0 bridgehead atoms. The highest BCUT2D eigenvalue weighted by Gasteiger charge is 2.23. The summed E-state index contributed by atoms with van der Waals surface area (Å²) in [6, 6.07) is 7.09. The highest BCUT2D eigenvalue weighted by molar-refractivity contribution is 6.08. The maximum atomic E-state index is 12.3. The van der Waals surface area contributed by atoms with Gasteiger partial charge in [-0.1, -0.05) is 0 Å². The monoisotopic (exact) mass is 354 g/mol. The van der Waals surface area contributed by atoms with Crippen LogP contribution in [0.5, 0.6) is 0 Å². The second-order valence-electron chi connectivity index (χ2n) is 5.54. The summed E-state index contributed by atoms with van der Waals surface area (Å²) in [4.78, 5) is 31.7. The molecule has 26 heavy (non-hydrogen) atoms. The predicted octanol–water partition coefficient (Wildman–Crippen LogP) is 3.41. The molecule has 0 spiro atoms. The van der Waals surface area contributed by atoms with Gasteiger partial charge in [0.2, 0.25) is 11.6 Å². The molecule has 2 heterocycles. The van der Waals surface area contributed by atoms with Crippen molar-refractivity contribution in [1.82, 2.24) is 9.97 Å². The molecule has 0 saturated heterocycles. The molecular formula is C18H18N4O4. The lowest BCUT2D eigenvalue weighted by molar-refractivity contribution is -0.114. The van der Waals surface area contributed by atoms with Crippen LogP contribution >= 0.6 is 0 Å². The van der Waals surface area contributed by atoms with Gasteiger partial charge in [-0.3, -0.25) is 4.79 Å². The minimum atomic E-state index is -0.484. The first kappa shape index (κ1) is 17.4. The van der Waals surface area contributed by atoms with E-state index in [2.05, 4.69) is 20.6 Å². The molecule has 2 N–H and O–H groups in total. The quantitative estimate of drug-likeness (QED) is 0.676. The van der Waals surface area contributed by atoms with Gasteiger partial charge in [0.15, 0.2) is 0 Å². The van der Waals surface area contributed by atoms with Gasteiger partial charge in [-0.05, 0) is 38.1 Å². The molecular weight excluding hydrogens is 336 g/mol. The maximum absolute atomic E-state index is 12.3. The van der Waals surface area contributed by atoms with E-state index in [1.807, 2.05) is 0 Å². The lowest BCUT2D eigenvalue weighted by Gasteiger charge is -2.08. The third-order valence-corrected chi connectivity index (χ3v) is 3.61. The lowest BCUT2D eigenvalue weighted by Crippen LogP contribution is -2.07. The van der Waals surface area contributed by atoms with Crippen molar-refractivity contribution in [3.63, 3.8) is 0 Å². The Morgan fingerprint density at radius 1 is 1.15 bits per heavy atom. The van der Waals surface area contributed by atoms with E-state index in [9.17, 15) is 9.59 Å². The average Bonchev–Trinajstić information content (AvgIpc) is 2.93. The Labute approximate surface area is 149 Å². The number of esters is 1. The summed E-state index contributed by atoms with van der Waals surface area (Å²) in [5.41, 5.74) is 2.02. The van der Waals surface area contributed by atoms with Crippen molar-refractivity contribution in [3.8, 4) is 0 Å². The van der Waals surface area contributed by atoms with E-state index in [0.717, 1.165) is 5.69 Å². The van der Waals surface area contributed by atoms with Gasteiger partial charge in [0.1, 0.15) is 23.5 Å². The molecule has 134 valence electrons. The minimum absolute atomic E-state index is 0.142. The van der Waals surface area contributed by atoms with Gasteiger partial charge in [0.25, 0.3) is 0 Å². The van der Waals surface area contributed by atoms with Crippen LogP contribution in [0.2, 0.25) is 0 Å². The molecule has 8 heteroatoms. The van der Waals surface area contributed by atoms with E-state index in [-0.39, 0.29) is 12.5 Å². The number of carbonyl (C=O) groups is 2. The molecule has 3 aromatic rings. The average molecular weight is 354 g/mol. The standard InChI is InChI=1S/C18H18N4O4/c1-4-25-18(24)14-10(2)26-17-15(14)16(19-9-20-17)22-13-7-5-12(6-8-13)21-11(3)23/h5-9H,4H2,1-3H3,(H,21,23)(H,19,20,22). The second-order valence-corrected chi connectivity index (χ2v) is 5.54. The number of carbonyl (C=O) groups excluding carboxylic acids is 2. The van der Waals surface area contributed by atoms with Gasteiger partial charge < -0.3 is 19.8 Å². The predicted molar refractivity (Wildman–Crippen MR) is 96.5 cm³/mol. The number of anilines is 3. The first-order valence-electron chi connectivity index (χ1n) is 8.05. The molecule has 1 amide bonds. The highest BCUT2D eigenvalue weighted by Crippen LogP contribution is 2.31. The fourth-order valence-electron chi connectivity index (χ4n) is 2.56. The third kappa shape index (κ3) is 3.49. The molecule has 0 aliphatic rings. The fraction of sp³-hybridized carbons (Fsp3) is 0.222.